The lowest BCUT2D eigenvalue weighted by Crippen LogP contribution is -2.37. The predicted molar refractivity (Wildman–Crippen MR) is 100 cm³/mol. The Morgan fingerprint density at radius 3 is 2.69 bits per heavy atom. The molecule has 134 valence electrons. The molecule has 3 N–H and O–H groups in total. The van der Waals surface area contributed by atoms with E-state index in [0.29, 0.717) is 33.4 Å². The Kier molecular flexibility index (Phi) is 3.68. The first-order valence-electron chi connectivity index (χ1n) is 8.66. The van der Waals surface area contributed by atoms with E-state index in [0.717, 1.165) is 12.0 Å². The van der Waals surface area contributed by atoms with Crippen LogP contribution in [0.5, 0.6) is 0 Å². The molecule has 26 heavy (non-hydrogen) atoms. The molecule has 2 bridgehead atoms. The highest BCUT2D eigenvalue weighted by molar-refractivity contribution is 6.42. The van der Waals surface area contributed by atoms with Crippen molar-refractivity contribution >= 4 is 40.6 Å². The van der Waals surface area contributed by atoms with Crippen LogP contribution < -0.4 is 11.1 Å². The molecule has 2 saturated heterocycles. The predicted octanol–water partition coefficient (Wildman–Crippen LogP) is 3.73. The molecule has 1 aliphatic carbocycles. The minimum absolute atomic E-state index is 0.000350. The van der Waals surface area contributed by atoms with Gasteiger partial charge in [0.2, 0.25) is 5.91 Å². The second-order valence-corrected chi connectivity index (χ2v) is 8.13. The summed E-state index contributed by atoms with van der Waals surface area (Å²) in [7, 11) is 0. The first-order valence-corrected chi connectivity index (χ1v) is 9.41. The van der Waals surface area contributed by atoms with Gasteiger partial charge in [0.25, 0.3) is 0 Å². The maximum atomic E-state index is 13.1. The molecule has 1 amide bonds. The fourth-order valence-corrected chi connectivity index (χ4v) is 4.91. The number of benzene rings is 1. The van der Waals surface area contributed by atoms with Crippen molar-refractivity contribution in [3.63, 3.8) is 0 Å². The third-order valence-electron chi connectivity index (χ3n) is 5.83. The summed E-state index contributed by atoms with van der Waals surface area (Å²) in [4.78, 5) is 17.3. The van der Waals surface area contributed by atoms with Crippen LogP contribution in [0.1, 0.15) is 17.9 Å². The van der Waals surface area contributed by atoms with Gasteiger partial charge >= 0.3 is 0 Å². The molecule has 3 fully saturated rings. The highest BCUT2D eigenvalue weighted by Gasteiger charge is 2.68. The molecular formula is C19H17Cl2N3O2. The van der Waals surface area contributed by atoms with Crippen LogP contribution in [0.15, 0.2) is 36.5 Å². The lowest BCUT2D eigenvalue weighted by atomic mass is 9.75. The molecule has 2 aromatic rings. The average Bonchev–Trinajstić information content (AvgIpc) is 3.24. The molecule has 7 heteroatoms. The molecule has 1 aromatic heterocycles. The van der Waals surface area contributed by atoms with Crippen LogP contribution >= 0.6 is 23.2 Å². The molecule has 5 rings (SSSR count). The van der Waals surface area contributed by atoms with E-state index in [1.807, 2.05) is 6.07 Å². The molecule has 0 radical (unpaired) electrons. The smallest absolute Gasteiger partial charge is 0.230 e. The number of rotatable bonds is 3. The van der Waals surface area contributed by atoms with Crippen molar-refractivity contribution < 1.29 is 9.53 Å². The van der Waals surface area contributed by atoms with E-state index in [2.05, 4.69) is 10.3 Å². The van der Waals surface area contributed by atoms with Gasteiger partial charge in [0.15, 0.2) is 0 Å². The van der Waals surface area contributed by atoms with Crippen molar-refractivity contribution in [1.82, 2.24) is 4.98 Å². The Hall–Kier alpha value is -1.82. The molecule has 1 aromatic carbocycles. The summed E-state index contributed by atoms with van der Waals surface area (Å²) >= 11 is 12.0. The van der Waals surface area contributed by atoms with E-state index in [1.54, 1.807) is 30.5 Å². The van der Waals surface area contributed by atoms with E-state index in [-0.39, 0.29) is 30.0 Å². The van der Waals surface area contributed by atoms with Gasteiger partial charge in [-0.05, 0) is 48.1 Å². The zero-order valence-corrected chi connectivity index (χ0v) is 15.2. The Morgan fingerprint density at radius 2 is 1.96 bits per heavy atom. The molecule has 2 aliphatic heterocycles. The third kappa shape index (κ3) is 2.49. The van der Waals surface area contributed by atoms with Gasteiger partial charge in [-0.2, -0.15) is 0 Å². The highest BCUT2D eigenvalue weighted by atomic mass is 35.5. The van der Waals surface area contributed by atoms with Gasteiger partial charge in [0, 0.05) is 17.8 Å². The number of fused-ring (bicyclic) bond motifs is 5. The van der Waals surface area contributed by atoms with Crippen molar-refractivity contribution in [2.75, 3.05) is 11.1 Å². The number of nitrogens with one attached hydrogen (secondary N) is 1. The van der Waals surface area contributed by atoms with E-state index < -0.39 is 0 Å². The molecule has 0 spiro atoms. The lowest BCUT2D eigenvalue weighted by molar-refractivity contribution is -0.122. The molecule has 6 atom stereocenters. The van der Waals surface area contributed by atoms with Crippen molar-refractivity contribution in [2.45, 2.75) is 24.5 Å². The van der Waals surface area contributed by atoms with Gasteiger partial charge < -0.3 is 15.8 Å². The number of nitrogens with zero attached hydrogens (tertiary/aromatic N) is 1. The first kappa shape index (κ1) is 16.4. The number of pyridine rings is 1. The number of carbonyl (C=O) groups is 1. The van der Waals surface area contributed by atoms with Gasteiger partial charge in [0.1, 0.15) is 5.82 Å². The van der Waals surface area contributed by atoms with E-state index >= 15 is 0 Å². The summed E-state index contributed by atoms with van der Waals surface area (Å²) in [6, 6.07) is 8.82. The molecule has 1 saturated carbocycles. The summed E-state index contributed by atoms with van der Waals surface area (Å²) in [6.45, 7) is 0. The maximum Gasteiger partial charge on any atom is 0.230 e. The van der Waals surface area contributed by atoms with E-state index in [9.17, 15) is 4.79 Å². The lowest BCUT2D eigenvalue weighted by Gasteiger charge is -2.27. The van der Waals surface area contributed by atoms with Crippen molar-refractivity contribution in [2.24, 2.45) is 17.8 Å². The number of hydrogen-bond acceptors (Lipinski definition) is 4. The molecule has 5 nitrogen and oxygen atoms in total. The van der Waals surface area contributed by atoms with Crippen molar-refractivity contribution in [1.29, 1.82) is 0 Å². The van der Waals surface area contributed by atoms with Gasteiger partial charge in [0.05, 0.1) is 28.2 Å². The van der Waals surface area contributed by atoms with E-state index in [4.69, 9.17) is 33.7 Å². The number of nitrogens with two attached hydrogens (primary N) is 1. The van der Waals surface area contributed by atoms with Crippen LogP contribution in [-0.2, 0) is 9.53 Å². The number of carbonyl (C=O) groups excluding carboxylic acids is 1. The van der Waals surface area contributed by atoms with Crippen molar-refractivity contribution in [3.8, 4) is 0 Å². The average molecular weight is 390 g/mol. The van der Waals surface area contributed by atoms with Crippen molar-refractivity contribution in [3.05, 3.63) is 52.1 Å². The number of amides is 1. The number of nitrogen functional groups attached to an aromatic ring is 1. The Morgan fingerprint density at radius 1 is 1.15 bits per heavy atom. The number of ether oxygens (including phenoxy) is 1. The van der Waals surface area contributed by atoms with Crippen LogP contribution in [0.3, 0.4) is 0 Å². The second-order valence-electron chi connectivity index (χ2n) is 7.31. The summed E-state index contributed by atoms with van der Waals surface area (Å²) in [5.74, 6) is 1.24. The number of aromatic nitrogens is 1. The molecule has 3 heterocycles. The molecule has 0 unspecified atom stereocenters. The Balaban J connectivity index is 1.44. The summed E-state index contributed by atoms with van der Waals surface area (Å²) in [6.07, 6.45) is 2.96. The Labute approximate surface area is 160 Å². The standard InChI is InChI=1S/C19H17Cl2N3O2/c20-12-3-2-9(5-13(12)21)24-19(25)16-15(8-1-4-14(22)23-7-8)17-10-6-11(10)18(16)26-17/h1-5,7,10-11,15-18H,6H2,(H2,22,23)(H,24,25)/t10-,11+,15+,16+,17-,18+/m0/s1. The molecular weight excluding hydrogens is 373 g/mol. The quantitative estimate of drug-likeness (QED) is 0.838. The monoisotopic (exact) mass is 389 g/mol. The zero-order valence-electron chi connectivity index (χ0n) is 13.7. The highest BCUT2D eigenvalue weighted by Crippen LogP contribution is 2.65. The minimum atomic E-state index is -0.247. The van der Waals surface area contributed by atoms with E-state index in [1.165, 1.54) is 0 Å². The minimum Gasteiger partial charge on any atom is -0.384 e. The van der Waals surface area contributed by atoms with Gasteiger partial charge in [-0.15, -0.1) is 0 Å². The van der Waals surface area contributed by atoms with Gasteiger partial charge in [-0.1, -0.05) is 29.3 Å². The summed E-state index contributed by atoms with van der Waals surface area (Å²) < 4.78 is 6.18. The Bertz CT molecular complexity index is 889. The number of hydrogen-bond donors (Lipinski definition) is 2. The van der Waals surface area contributed by atoms with Crippen LogP contribution in [0.25, 0.3) is 0 Å². The third-order valence-corrected chi connectivity index (χ3v) is 6.57. The largest absolute Gasteiger partial charge is 0.384 e. The first-order chi connectivity index (χ1) is 12.5. The fraction of sp³-hybridized carbons (Fsp3) is 0.368. The second kappa shape index (κ2) is 5.84. The van der Waals surface area contributed by atoms with Gasteiger partial charge in [-0.25, -0.2) is 4.98 Å². The van der Waals surface area contributed by atoms with Crippen LogP contribution in [0.2, 0.25) is 10.0 Å². The van der Waals surface area contributed by atoms with Crippen LogP contribution in [-0.4, -0.2) is 23.1 Å². The zero-order chi connectivity index (χ0) is 18.0. The summed E-state index contributed by atoms with van der Waals surface area (Å²) in [5, 5.41) is 3.85. The summed E-state index contributed by atoms with van der Waals surface area (Å²) in [5.41, 5.74) is 7.35. The van der Waals surface area contributed by atoms with Crippen LogP contribution in [0, 0.1) is 17.8 Å². The number of anilines is 2. The van der Waals surface area contributed by atoms with Gasteiger partial charge in [-0.3, -0.25) is 4.79 Å². The fourth-order valence-electron chi connectivity index (χ4n) is 4.61. The maximum absolute atomic E-state index is 13.1. The van der Waals surface area contributed by atoms with Crippen LogP contribution in [0.4, 0.5) is 11.5 Å². The normalized spacial score (nSPS) is 33.8. The topological polar surface area (TPSA) is 77.2 Å². The SMILES string of the molecule is Nc1ccc([C@H]2[C@H]3O[C@H]([C@@H]4C[C@@H]43)[C@@H]2C(=O)Nc2ccc(Cl)c(Cl)c2)cn1. The number of halogens is 2. The molecule has 3 aliphatic rings.